The van der Waals surface area contributed by atoms with Crippen molar-refractivity contribution in [2.75, 3.05) is 0 Å². The molecule has 0 spiro atoms. The molecule has 0 fully saturated rings. The van der Waals surface area contributed by atoms with E-state index in [9.17, 15) is 4.39 Å². The molecule has 0 saturated carbocycles. The SMILES string of the molecule is C=C/C=C(/c1ccccc1F)c1cc(-c2n[nH]/c(=C/C=C(\C)c3cn[nH]c3)c2=C)[nH]c1C. The normalized spacial score (nSPS) is 13.0. The van der Waals surface area contributed by atoms with Gasteiger partial charge in [0.05, 0.1) is 17.2 Å². The van der Waals surface area contributed by atoms with Crippen LogP contribution in [0.25, 0.3) is 35.2 Å². The molecule has 3 N–H and O–H groups in total. The van der Waals surface area contributed by atoms with Crippen LogP contribution in [0.15, 0.2) is 67.5 Å². The molecule has 0 amide bonds. The van der Waals surface area contributed by atoms with Crippen molar-refractivity contribution in [2.45, 2.75) is 13.8 Å². The highest BCUT2D eigenvalue weighted by atomic mass is 19.1. The fourth-order valence-corrected chi connectivity index (χ4v) is 3.60. The van der Waals surface area contributed by atoms with E-state index in [4.69, 9.17) is 0 Å². The Hall–Kier alpha value is -4.19. The third-order valence-corrected chi connectivity index (χ3v) is 5.36. The highest BCUT2D eigenvalue weighted by molar-refractivity contribution is 5.84. The second-order valence-electron chi connectivity index (χ2n) is 7.49. The highest BCUT2D eigenvalue weighted by Crippen LogP contribution is 2.30. The van der Waals surface area contributed by atoms with E-state index in [0.29, 0.717) is 11.3 Å². The van der Waals surface area contributed by atoms with Crippen LogP contribution in [0.1, 0.15) is 29.3 Å². The maximum Gasteiger partial charge on any atom is 0.131 e. The molecule has 0 aliphatic heterocycles. The lowest BCUT2D eigenvalue weighted by Gasteiger charge is -2.08. The first-order valence-corrected chi connectivity index (χ1v) is 10.2. The van der Waals surface area contributed by atoms with Gasteiger partial charge in [0, 0.05) is 33.8 Å². The quantitative estimate of drug-likeness (QED) is 0.398. The Labute approximate surface area is 185 Å². The van der Waals surface area contributed by atoms with Crippen LogP contribution in [0.5, 0.6) is 0 Å². The molecule has 3 aromatic heterocycles. The number of nitrogens with zero attached hydrogens (tertiary/aromatic N) is 2. The molecule has 160 valence electrons. The zero-order valence-electron chi connectivity index (χ0n) is 18.0. The van der Waals surface area contributed by atoms with Gasteiger partial charge in [-0.05, 0) is 43.2 Å². The zero-order chi connectivity index (χ0) is 22.7. The van der Waals surface area contributed by atoms with E-state index in [1.54, 1.807) is 24.4 Å². The van der Waals surface area contributed by atoms with Crippen molar-refractivity contribution in [2.24, 2.45) is 0 Å². The van der Waals surface area contributed by atoms with Crippen molar-refractivity contribution in [3.05, 3.63) is 106 Å². The van der Waals surface area contributed by atoms with E-state index in [2.05, 4.69) is 38.5 Å². The summed E-state index contributed by atoms with van der Waals surface area (Å²) in [5.74, 6) is -0.281. The Morgan fingerprint density at radius 2 is 1.97 bits per heavy atom. The van der Waals surface area contributed by atoms with Gasteiger partial charge in [-0.15, -0.1) is 0 Å². The van der Waals surface area contributed by atoms with Gasteiger partial charge in [0.25, 0.3) is 0 Å². The van der Waals surface area contributed by atoms with Gasteiger partial charge in [0.15, 0.2) is 0 Å². The highest BCUT2D eigenvalue weighted by Gasteiger charge is 2.16. The van der Waals surface area contributed by atoms with E-state index in [-0.39, 0.29) is 5.82 Å². The molecule has 5 nitrogen and oxygen atoms in total. The molecule has 0 unspecified atom stereocenters. The molecule has 0 bridgehead atoms. The number of aryl methyl sites for hydroxylation is 1. The second kappa shape index (κ2) is 8.89. The Kier molecular flexibility index (Phi) is 5.85. The van der Waals surface area contributed by atoms with Crippen molar-refractivity contribution >= 4 is 23.8 Å². The lowest BCUT2D eigenvalue weighted by molar-refractivity contribution is 0.624. The molecule has 0 aliphatic rings. The van der Waals surface area contributed by atoms with Gasteiger partial charge in [-0.3, -0.25) is 10.2 Å². The first-order valence-electron chi connectivity index (χ1n) is 10.2. The number of aromatic nitrogens is 5. The number of rotatable bonds is 6. The van der Waals surface area contributed by atoms with Crippen LogP contribution in [0, 0.1) is 12.7 Å². The van der Waals surface area contributed by atoms with Crippen molar-refractivity contribution in [3.63, 3.8) is 0 Å². The van der Waals surface area contributed by atoms with Gasteiger partial charge in [-0.1, -0.05) is 49.6 Å². The molecular formula is C26H24FN5. The van der Waals surface area contributed by atoms with Crippen LogP contribution in [-0.4, -0.2) is 25.4 Å². The fourth-order valence-electron chi connectivity index (χ4n) is 3.60. The Balaban J connectivity index is 1.74. The average Bonchev–Trinajstić information content (AvgIpc) is 3.52. The number of halogens is 1. The standard InChI is InChI=1S/C26H24FN5/c1-5-8-20(21-9-6-7-10-23(21)27)22-13-25(30-18(22)4)26-17(3)24(31-32-26)12-11-16(2)19-14-28-29-15-19/h5-15,30-31H,1,3H2,2,4H3,(H,28,29)/b16-11+,20-8-,24-12+. The van der Waals surface area contributed by atoms with E-state index in [0.717, 1.165) is 44.2 Å². The predicted molar refractivity (Wildman–Crippen MR) is 128 cm³/mol. The first-order chi connectivity index (χ1) is 15.5. The summed E-state index contributed by atoms with van der Waals surface area (Å²) in [6, 6.07) is 8.69. The summed E-state index contributed by atoms with van der Waals surface area (Å²) in [7, 11) is 0. The maximum atomic E-state index is 14.5. The third kappa shape index (κ3) is 4.03. The summed E-state index contributed by atoms with van der Waals surface area (Å²) in [4.78, 5) is 3.37. The largest absolute Gasteiger partial charge is 0.357 e. The summed E-state index contributed by atoms with van der Waals surface area (Å²) in [5.41, 5.74) is 6.67. The van der Waals surface area contributed by atoms with Gasteiger partial charge in [-0.25, -0.2) is 4.39 Å². The van der Waals surface area contributed by atoms with E-state index in [1.807, 2.05) is 50.4 Å². The topological polar surface area (TPSA) is 73.2 Å². The van der Waals surface area contributed by atoms with Crippen LogP contribution in [0.4, 0.5) is 4.39 Å². The van der Waals surface area contributed by atoms with Gasteiger partial charge in [0.2, 0.25) is 0 Å². The molecule has 0 radical (unpaired) electrons. The van der Waals surface area contributed by atoms with Gasteiger partial charge >= 0.3 is 0 Å². The van der Waals surface area contributed by atoms with E-state index < -0.39 is 0 Å². The summed E-state index contributed by atoms with van der Waals surface area (Å²) in [5, 5.41) is 15.9. The number of hydrogen-bond acceptors (Lipinski definition) is 2. The number of allylic oxidation sites excluding steroid dienone is 4. The van der Waals surface area contributed by atoms with E-state index in [1.165, 1.54) is 6.07 Å². The molecule has 3 heterocycles. The molecule has 4 aromatic rings. The third-order valence-electron chi connectivity index (χ3n) is 5.36. The van der Waals surface area contributed by atoms with Crippen LogP contribution >= 0.6 is 0 Å². The Morgan fingerprint density at radius 3 is 2.69 bits per heavy atom. The van der Waals surface area contributed by atoms with Crippen LogP contribution in [-0.2, 0) is 0 Å². The Bertz CT molecular complexity index is 1430. The van der Waals surface area contributed by atoms with Crippen molar-refractivity contribution < 1.29 is 4.39 Å². The summed E-state index contributed by atoms with van der Waals surface area (Å²) >= 11 is 0. The molecule has 6 heteroatoms. The molecular weight excluding hydrogens is 401 g/mol. The monoisotopic (exact) mass is 425 g/mol. The van der Waals surface area contributed by atoms with Gasteiger partial charge in [0.1, 0.15) is 11.5 Å². The second-order valence-corrected chi connectivity index (χ2v) is 7.49. The molecule has 4 rings (SSSR count). The zero-order valence-corrected chi connectivity index (χ0v) is 18.0. The summed E-state index contributed by atoms with van der Waals surface area (Å²) in [6.45, 7) is 12.0. The number of benzene rings is 1. The van der Waals surface area contributed by atoms with E-state index >= 15 is 0 Å². The van der Waals surface area contributed by atoms with Crippen LogP contribution < -0.4 is 10.6 Å². The summed E-state index contributed by atoms with van der Waals surface area (Å²) < 4.78 is 14.5. The minimum Gasteiger partial charge on any atom is -0.357 e. The first kappa shape index (κ1) is 21.1. The predicted octanol–water partition coefficient (Wildman–Crippen LogP) is 4.49. The minimum atomic E-state index is -0.281. The lowest BCUT2D eigenvalue weighted by atomic mass is 9.97. The van der Waals surface area contributed by atoms with Crippen molar-refractivity contribution in [3.8, 4) is 11.4 Å². The minimum absolute atomic E-state index is 0.281. The molecule has 32 heavy (non-hydrogen) atoms. The lowest BCUT2D eigenvalue weighted by Crippen LogP contribution is -2.21. The fraction of sp³-hybridized carbons (Fsp3) is 0.0769. The van der Waals surface area contributed by atoms with Crippen LogP contribution in [0.3, 0.4) is 0 Å². The number of H-pyrrole nitrogens is 3. The average molecular weight is 426 g/mol. The number of hydrogen-bond donors (Lipinski definition) is 3. The number of nitrogens with one attached hydrogen (secondary N) is 3. The summed E-state index contributed by atoms with van der Waals surface area (Å²) in [6.07, 6.45) is 11.0. The molecule has 0 aliphatic carbocycles. The molecule has 0 atom stereocenters. The van der Waals surface area contributed by atoms with Crippen molar-refractivity contribution in [1.29, 1.82) is 0 Å². The molecule has 1 aromatic carbocycles. The Morgan fingerprint density at radius 1 is 1.16 bits per heavy atom. The number of aromatic amines is 3. The van der Waals surface area contributed by atoms with Gasteiger partial charge < -0.3 is 4.98 Å². The smallest absolute Gasteiger partial charge is 0.131 e. The van der Waals surface area contributed by atoms with Crippen molar-refractivity contribution in [1.82, 2.24) is 25.4 Å². The van der Waals surface area contributed by atoms with Gasteiger partial charge in [-0.2, -0.15) is 10.2 Å². The maximum absolute atomic E-state index is 14.5. The molecule has 0 saturated heterocycles. The van der Waals surface area contributed by atoms with Crippen LogP contribution in [0.2, 0.25) is 0 Å².